The number of benzene rings is 2. The Kier molecular flexibility index (Phi) is 6.44. The van der Waals surface area contributed by atoms with Crippen LogP contribution >= 0.6 is 11.8 Å². The highest BCUT2D eigenvalue weighted by Crippen LogP contribution is 2.22. The largest absolute Gasteiger partial charge is 0.493 e. The van der Waals surface area contributed by atoms with Gasteiger partial charge < -0.3 is 4.74 Å². The van der Waals surface area contributed by atoms with Gasteiger partial charge in [0.05, 0.1) is 12.8 Å². The molecule has 6 heteroatoms. The van der Waals surface area contributed by atoms with Crippen LogP contribution in [0.25, 0.3) is 0 Å². The van der Waals surface area contributed by atoms with E-state index >= 15 is 0 Å². The summed E-state index contributed by atoms with van der Waals surface area (Å²) in [7, 11) is 0. The molecule has 0 fully saturated rings. The molecule has 2 aromatic carbocycles. The Bertz CT molecular complexity index is 861. The molecule has 0 radical (unpaired) electrons. The second-order valence-corrected chi connectivity index (χ2v) is 6.69. The molecule has 0 amide bonds. The number of thioether (sulfide) groups is 1. The van der Waals surface area contributed by atoms with Crippen molar-refractivity contribution in [3.8, 4) is 5.75 Å². The van der Waals surface area contributed by atoms with E-state index in [2.05, 4.69) is 34.4 Å². The van der Waals surface area contributed by atoms with Gasteiger partial charge in [-0.15, -0.1) is 10.2 Å². The Morgan fingerprint density at radius 1 is 1.08 bits per heavy atom. The van der Waals surface area contributed by atoms with E-state index in [-0.39, 0.29) is 0 Å². The predicted molar refractivity (Wildman–Crippen MR) is 106 cm³/mol. The minimum Gasteiger partial charge on any atom is -0.493 e. The number of nitrogens with zero attached hydrogens (tertiary/aromatic N) is 4. The Morgan fingerprint density at radius 3 is 2.65 bits per heavy atom. The average molecular weight is 366 g/mol. The molecule has 0 saturated heterocycles. The van der Waals surface area contributed by atoms with Gasteiger partial charge in [0.25, 0.3) is 0 Å². The van der Waals surface area contributed by atoms with Crippen molar-refractivity contribution in [2.45, 2.75) is 31.2 Å². The van der Waals surface area contributed by atoms with E-state index in [0.717, 1.165) is 34.5 Å². The first kappa shape index (κ1) is 18.2. The molecular formula is C20H22N4OS. The SMILES string of the molecule is CCCOc1ccccc1/C=N\n1c(C)nnc1SCc1ccccc1. The number of aryl methyl sites for hydroxylation is 1. The first-order chi connectivity index (χ1) is 12.8. The summed E-state index contributed by atoms with van der Waals surface area (Å²) in [6, 6.07) is 18.2. The number of ether oxygens (including phenoxy) is 1. The van der Waals surface area contributed by atoms with Gasteiger partial charge in [-0.25, -0.2) is 0 Å². The molecule has 0 saturated carbocycles. The van der Waals surface area contributed by atoms with Gasteiger partial charge in [-0.05, 0) is 31.0 Å². The Labute approximate surface area is 158 Å². The lowest BCUT2D eigenvalue weighted by Crippen LogP contribution is -2.00. The fourth-order valence-corrected chi connectivity index (χ4v) is 3.22. The molecule has 1 aromatic heterocycles. The molecule has 3 rings (SSSR count). The van der Waals surface area contributed by atoms with Gasteiger partial charge in [-0.2, -0.15) is 9.78 Å². The maximum absolute atomic E-state index is 5.79. The van der Waals surface area contributed by atoms with Crippen LogP contribution in [0.15, 0.2) is 64.9 Å². The highest BCUT2D eigenvalue weighted by Gasteiger charge is 2.09. The van der Waals surface area contributed by atoms with E-state index < -0.39 is 0 Å². The van der Waals surface area contributed by atoms with Crippen LogP contribution in [-0.2, 0) is 5.75 Å². The van der Waals surface area contributed by atoms with Crippen LogP contribution in [-0.4, -0.2) is 27.7 Å². The zero-order valence-corrected chi connectivity index (χ0v) is 15.8. The summed E-state index contributed by atoms with van der Waals surface area (Å²) in [5, 5.41) is 13.8. The van der Waals surface area contributed by atoms with Crippen molar-refractivity contribution in [2.75, 3.05) is 6.61 Å². The first-order valence-electron chi connectivity index (χ1n) is 8.63. The lowest BCUT2D eigenvalue weighted by atomic mass is 10.2. The molecule has 0 bridgehead atoms. The third kappa shape index (κ3) is 4.73. The third-order valence-electron chi connectivity index (χ3n) is 3.67. The Morgan fingerprint density at radius 2 is 1.85 bits per heavy atom. The summed E-state index contributed by atoms with van der Waals surface area (Å²) < 4.78 is 7.55. The maximum atomic E-state index is 5.79. The zero-order valence-electron chi connectivity index (χ0n) is 15.0. The minimum absolute atomic E-state index is 0.689. The molecule has 5 nitrogen and oxygen atoms in total. The van der Waals surface area contributed by atoms with Crippen LogP contribution in [0.4, 0.5) is 0 Å². The number of hydrogen-bond acceptors (Lipinski definition) is 5. The van der Waals surface area contributed by atoms with Crippen molar-refractivity contribution in [1.82, 2.24) is 14.9 Å². The first-order valence-corrected chi connectivity index (χ1v) is 9.61. The van der Waals surface area contributed by atoms with E-state index in [4.69, 9.17) is 4.74 Å². The van der Waals surface area contributed by atoms with Gasteiger partial charge in [-0.3, -0.25) is 0 Å². The average Bonchev–Trinajstić information content (AvgIpc) is 3.04. The van der Waals surface area contributed by atoms with Gasteiger partial charge in [0.2, 0.25) is 5.16 Å². The van der Waals surface area contributed by atoms with E-state index in [1.54, 1.807) is 22.7 Å². The van der Waals surface area contributed by atoms with Crippen LogP contribution < -0.4 is 4.74 Å². The van der Waals surface area contributed by atoms with Gasteiger partial charge in [0.1, 0.15) is 5.75 Å². The second-order valence-electron chi connectivity index (χ2n) is 5.75. The summed E-state index contributed by atoms with van der Waals surface area (Å²) in [6.07, 6.45) is 2.77. The van der Waals surface area contributed by atoms with E-state index in [1.165, 1.54) is 5.56 Å². The molecule has 0 N–H and O–H groups in total. The highest BCUT2D eigenvalue weighted by atomic mass is 32.2. The molecule has 0 aliphatic carbocycles. The summed E-state index contributed by atoms with van der Waals surface area (Å²) in [5.74, 6) is 2.41. The molecule has 26 heavy (non-hydrogen) atoms. The molecule has 0 unspecified atom stereocenters. The highest BCUT2D eigenvalue weighted by molar-refractivity contribution is 7.98. The van der Waals surface area contributed by atoms with Crippen LogP contribution in [0.3, 0.4) is 0 Å². The molecular weight excluding hydrogens is 344 g/mol. The fourth-order valence-electron chi connectivity index (χ4n) is 2.33. The van der Waals surface area contributed by atoms with Gasteiger partial charge in [0, 0.05) is 11.3 Å². The molecule has 0 atom stereocenters. The van der Waals surface area contributed by atoms with Crippen molar-refractivity contribution in [3.05, 3.63) is 71.5 Å². The lowest BCUT2D eigenvalue weighted by Gasteiger charge is -2.07. The van der Waals surface area contributed by atoms with Crippen LogP contribution in [0.2, 0.25) is 0 Å². The minimum atomic E-state index is 0.689. The molecule has 134 valence electrons. The van der Waals surface area contributed by atoms with Gasteiger partial charge >= 0.3 is 0 Å². The van der Waals surface area contributed by atoms with Crippen molar-refractivity contribution < 1.29 is 4.74 Å². The smallest absolute Gasteiger partial charge is 0.212 e. The van der Waals surface area contributed by atoms with Crippen molar-refractivity contribution in [3.63, 3.8) is 0 Å². The van der Waals surface area contributed by atoms with E-state index in [1.807, 2.05) is 49.4 Å². The zero-order chi connectivity index (χ0) is 18.2. The monoisotopic (exact) mass is 366 g/mol. The quantitative estimate of drug-likeness (QED) is 0.433. The van der Waals surface area contributed by atoms with Crippen LogP contribution in [0, 0.1) is 6.92 Å². The molecule has 0 spiro atoms. The summed E-state index contributed by atoms with van der Waals surface area (Å²) >= 11 is 1.62. The standard InChI is InChI=1S/C20H22N4OS/c1-3-13-25-19-12-8-7-11-18(19)14-21-24-16(2)22-23-20(24)26-15-17-9-5-4-6-10-17/h4-12,14H,3,13,15H2,1-2H3/b21-14-. The van der Waals surface area contributed by atoms with Crippen molar-refractivity contribution >= 4 is 18.0 Å². The van der Waals surface area contributed by atoms with Gasteiger partial charge in [-0.1, -0.05) is 61.2 Å². The number of rotatable bonds is 8. The van der Waals surface area contributed by atoms with Crippen molar-refractivity contribution in [1.29, 1.82) is 0 Å². The third-order valence-corrected chi connectivity index (χ3v) is 4.66. The summed E-state index contributed by atoms with van der Waals surface area (Å²) in [5.41, 5.74) is 2.18. The van der Waals surface area contributed by atoms with Gasteiger partial charge in [0.15, 0.2) is 5.82 Å². The predicted octanol–water partition coefficient (Wildman–Crippen LogP) is 4.55. The summed E-state index contributed by atoms with van der Waals surface area (Å²) in [4.78, 5) is 0. The normalized spacial score (nSPS) is 11.2. The van der Waals surface area contributed by atoms with E-state index in [9.17, 15) is 0 Å². The number of aromatic nitrogens is 3. The fraction of sp³-hybridized carbons (Fsp3) is 0.250. The maximum Gasteiger partial charge on any atom is 0.212 e. The second kappa shape index (κ2) is 9.20. The van der Waals surface area contributed by atoms with E-state index in [0.29, 0.717) is 6.61 Å². The van der Waals surface area contributed by atoms with Crippen LogP contribution in [0.1, 0.15) is 30.3 Å². The topological polar surface area (TPSA) is 52.3 Å². The Hall–Kier alpha value is -2.60. The summed E-state index contributed by atoms with van der Waals surface area (Å²) in [6.45, 7) is 4.68. The van der Waals surface area contributed by atoms with Crippen LogP contribution in [0.5, 0.6) is 5.75 Å². The number of hydrogen-bond donors (Lipinski definition) is 0. The molecule has 0 aliphatic heterocycles. The molecule has 3 aromatic rings. The molecule has 0 aliphatic rings. The number of para-hydroxylation sites is 1. The molecule has 1 heterocycles. The van der Waals surface area contributed by atoms with Crippen molar-refractivity contribution in [2.24, 2.45) is 5.10 Å². The Balaban J connectivity index is 1.76. The lowest BCUT2D eigenvalue weighted by molar-refractivity contribution is 0.317.